The standard InChI is InChI=1S/C33H34N4O6.Ca.2H/c1-20(2)42-32(38)27-21(3)35-31(34)29(28(27)24-15-10-16-25(17-24)37(40)41)33(39)43-26-18-36(19-26)30(22-11-6-4-7-12-22)23-13-8-5-9-14-23;;;/h4-17,20,26,28,30,35H,18-19,34H2,1-3H3;;;. The number of carbonyl (C=O) groups is 2. The maximum absolute atomic E-state index is 13.8. The fourth-order valence-electron chi connectivity index (χ4n) is 5.64. The predicted molar refractivity (Wildman–Crippen MR) is 169 cm³/mol. The molecule has 226 valence electrons. The fraction of sp³-hybridized carbons (Fsp3) is 0.273. The number of allylic oxidation sites excluding steroid dienone is 1. The Morgan fingerprint density at radius 3 is 2.07 bits per heavy atom. The molecular weight excluding hydrogens is 588 g/mol. The number of ether oxygens (including phenoxy) is 2. The van der Waals surface area contributed by atoms with Gasteiger partial charge in [-0.05, 0) is 37.5 Å². The molecule has 3 aromatic carbocycles. The molecule has 0 radical (unpaired) electrons. The number of nitrogens with zero attached hydrogens (tertiary/aromatic N) is 2. The van der Waals surface area contributed by atoms with E-state index in [4.69, 9.17) is 15.2 Å². The Bertz CT molecular complexity index is 1550. The second-order valence-electron chi connectivity index (χ2n) is 10.9. The van der Waals surface area contributed by atoms with Crippen molar-refractivity contribution in [2.24, 2.45) is 5.73 Å². The van der Waals surface area contributed by atoms with E-state index in [1.54, 1.807) is 26.8 Å². The van der Waals surface area contributed by atoms with Crippen LogP contribution in [-0.4, -0.2) is 84.8 Å². The number of likely N-dealkylation sites (tertiary alicyclic amines) is 1. The molecule has 0 bridgehead atoms. The summed E-state index contributed by atoms with van der Waals surface area (Å²) in [5, 5.41) is 14.5. The number of benzene rings is 3. The summed E-state index contributed by atoms with van der Waals surface area (Å²) in [6.07, 6.45) is -0.855. The quantitative estimate of drug-likeness (QED) is 0.158. The number of carbonyl (C=O) groups excluding carboxylic acids is 2. The van der Waals surface area contributed by atoms with Crippen LogP contribution in [0.25, 0.3) is 0 Å². The van der Waals surface area contributed by atoms with E-state index >= 15 is 0 Å². The summed E-state index contributed by atoms with van der Waals surface area (Å²) in [6.45, 7) is 6.05. The number of esters is 2. The number of non-ortho nitro benzene ring substituents is 1. The van der Waals surface area contributed by atoms with E-state index in [0.717, 1.165) is 11.1 Å². The van der Waals surface area contributed by atoms with Crippen LogP contribution in [0.3, 0.4) is 0 Å². The molecule has 0 saturated carbocycles. The molecule has 2 aliphatic rings. The monoisotopic (exact) mass is 624 g/mol. The molecule has 1 fully saturated rings. The van der Waals surface area contributed by atoms with Crippen molar-refractivity contribution < 1.29 is 24.0 Å². The van der Waals surface area contributed by atoms with Crippen LogP contribution in [0.2, 0.25) is 0 Å². The van der Waals surface area contributed by atoms with Crippen molar-refractivity contribution in [2.75, 3.05) is 13.1 Å². The third kappa shape index (κ3) is 7.15. The van der Waals surface area contributed by atoms with Crippen LogP contribution in [0.1, 0.15) is 49.4 Å². The van der Waals surface area contributed by atoms with Gasteiger partial charge in [-0.15, -0.1) is 0 Å². The van der Waals surface area contributed by atoms with Gasteiger partial charge in [-0.2, -0.15) is 0 Å². The van der Waals surface area contributed by atoms with Crippen molar-refractivity contribution in [3.63, 3.8) is 0 Å². The first-order chi connectivity index (χ1) is 20.6. The van der Waals surface area contributed by atoms with Crippen molar-refractivity contribution >= 4 is 55.4 Å². The number of nitrogens with two attached hydrogens (primary N) is 1. The Morgan fingerprint density at radius 2 is 1.52 bits per heavy atom. The van der Waals surface area contributed by atoms with Crippen molar-refractivity contribution in [1.29, 1.82) is 0 Å². The van der Waals surface area contributed by atoms with Crippen LogP contribution >= 0.6 is 0 Å². The summed E-state index contributed by atoms with van der Waals surface area (Å²) >= 11 is 0. The van der Waals surface area contributed by atoms with Gasteiger partial charge in [-0.1, -0.05) is 72.8 Å². The molecule has 0 aromatic heterocycles. The average molecular weight is 625 g/mol. The van der Waals surface area contributed by atoms with Crippen LogP contribution in [0.4, 0.5) is 5.69 Å². The number of nitro groups is 1. The first-order valence-corrected chi connectivity index (χ1v) is 14.1. The molecule has 0 aliphatic carbocycles. The summed E-state index contributed by atoms with van der Waals surface area (Å²) in [7, 11) is 0. The number of rotatable bonds is 9. The normalized spacial score (nSPS) is 17.1. The second-order valence-corrected chi connectivity index (χ2v) is 10.9. The molecule has 3 N–H and O–H groups in total. The van der Waals surface area contributed by atoms with Gasteiger partial charge < -0.3 is 20.5 Å². The zero-order valence-corrected chi connectivity index (χ0v) is 24.2. The van der Waals surface area contributed by atoms with Crippen LogP contribution in [0.15, 0.2) is 108 Å². The molecule has 0 spiro atoms. The Labute approximate surface area is 286 Å². The molecule has 5 rings (SSSR count). The summed E-state index contributed by atoms with van der Waals surface area (Å²) in [5.74, 6) is -2.37. The fourth-order valence-corrected chi connectivity index (χ4v) is 5.64. The Balaban J connectivity index is 0.00000442. The van der Waals surface area contributed by atoms with Crippen LogP contribution < -0.4 is 11.1 Å². The van der Waals surface area contributed by atoms with E-state index in [2.05, 4.69) is 34.5 Å². The van der Waals surface area contributed by atoms with E-state index in [9.17, 15) is 19.7 Å². The van der Waals surface area contributed by atoms with Gasteiger partial charge >= 0.3 is 49.7 Å². The van der Waals surface area contributed by atoms with E-state index in [0.29, 0.717) is 24.4 Å². The topological polar surface area (TPSA) is 137 Å². The van der Waals surface area contributed by atoms with Gasteiger partial charge in [0.15, 0.2) is 0 Å². The summed E-state index contributed by atoms with van der Waals surface area (Å²) in [5.41, 5.74) is 9.31. The molecule has 44 heavy (non-hydrogen) atoms. The SMILES string of the molecule is CC1=C(C(=O)OC(C)C)C(c2cccc([N+](=O)[O-])c2)C(C(=O)OC2CN(C(c3ccccc3)c3ccccc3)C2)=C(N)N1.[CaH2]. The first-order valence-electron chi connectivity index (χ1n) is 14.1. The van der Waals surface area contributed by atoms with Crippen molar-refractivity contribution in [2.45, 2.75) is 44.9 Å². The summed E-state index contributed by atoms with van der Waals surface area (Å²) < 4.78 is 11.5. The molecule has 1 unspecified atom stereocenters. The number of hydrogen-bond donors (Lipinski definition) is 2. The molecule has 1 saturated heterocycles. The van der Waals surface area contributed by atoms with Gasteiger partial charge in [0.25, 0.3) is 5.69 Å². The molecule has 2 aliphatic heterocycles. The first kappa shape index (κ1) is 33.2. The predicted octanol–water partition coefficient (Wildman–Crippen LogP) is 3.78. The number of hydrogen-bond acceptors (Lipinski definition) is 9. The van der Waals surface area contributed by atoms with Gasteiger partial charge in [-0.3, -0.25) is 15.0 Å². The third-order valence-corrected chi connectivity index (χ3v) is 7.54. The van der Waals surface area contributed by atoms with Crippen molar-refractivity contribution in [3.8, 4) is 0 Å². The van der Waals surface area contributed by atoms with Crippen LogP contribution in [-0.2, 0) is 19.1 Å². The maximum atomic E-state index is 13.8. The van der Waals surface area contributed by atoms with Gasteiger partial charge in [-0.25, -0.2) is 9.59 Å². The molecule has 1 atom stereocenters. The van der Waals surface area contributed by atoms with Crippen LogP contribution in [0.5, 0.6) is 0 Å². The second kappa shape index (κ2) is 14.4. The zero-order chi connectivity index (χ0) is 30.7. The third-order valence-electron chi connectivity index (χ3n) is 7.54. The van der Waals surface area contributed by atoms with Gasteiger partial charge in [0.05, 0.1) is 34.1 Å². The van der Waals surface area contributed by atoms with Crippen molar-refractivity contribution in [3.05, 3.63) is 134 Å². The molecular formula is C33H36CaN4O6. The average Bonchev–Trinajstić information content (AvgIpc) is 2.96. The molecule has 10 nitrogen and oxygen atoms in total. The Hall–Kier alpha value is -3.70. The van der Waals surface area contributed by atoms with Crippen LogP contribution in [0, 0.1) is 10.1 Å². The number of nitrogens with one attached hydrogen (secondary N) is 1. The molecule has 2 heterocycles. The van der Waals surface area contributed by atoms with Gasteiger partial charge in [0, 0.05) is 30.9 Å². The molecule has 0 amide bonds. The number of nitro benzene ring substituents is 1. The number of dihydropyridines is 1. The Kier molecular flexibility index (Phi) is 10.9. The summed E-state index contributed by atoms with van der Waals surface area (Å²) in [6, 6.07) is 26.0. The van der Waals surface area contributed by atoms with E-state index in [1.165, 1.54) is 18.2 Å². The summed E-state index contributed by atoms with van der Waals surface area (Å²) in [4.78, 5) is 40.4. The molecule has 3 aromatic rings. The zero-order valence-electron chi connectivity index (χ0n) is 24.2. The minimum atomic E-state index is -1.03. The minimum absolute atomic E-state index is 0. The van der Waals surface area contributed by atoms with E-state index < -0.39 is 35.0 Å². The van der Waals surface area contributed by atoms with E-state index in [-0.39, 0.29) is 66.4 Å². The van der Waals surface area contributed by atoms with Crippen molar-refractivity contribution in [1.82, 2.24) is 10.2 Å². The Morgan fingerprint density at radius 1 is 0.932 bits per heavy atom. The van der Waals surface area contributed by atoms with Gasteiger partial charge in [0.2, 0.25) is 0 Å². The van der Waals surface area contributed by atoms with E-state index in [1.807, 2.05) is 36.4 Å². The molecule has 11 heteroatoms. The van der Waals surface area contributed by atoms with Gasteiger partial charge in [0.1, 0.15) is 11.9 Å².